The molecule has 2 heterocycles. The topological polar surface area (TPSA) is 88.8 Å². The van der Waals surface area contributed by atoms with Crippen molar-refractivity contribution in [2.75, 3.05) is 30.3 Å². The molecular weight excluding hydrogens is 308 g/mol. The molecule has 7 heteroatoms. The van der Waals surface area contributed by atoms with Gasteiger partial charge in [0.25, 0.3) is 5.91 Å². The summed E-state index contributed by atoms with van der Waals surface area (Å²) >= 11 is 0. The van der Waals surface area contributed by atoms with Gasteiger partial charge in [-0.2, -0.15) is 0 Å². The number of ether oxygens (including phenoxy) is 1. The Hall–Kier alpha value is -2.31. The number of nitrogens with zero attached hydrogens (tertiary/aromatic N) is 3. The fraction of sp³-hybridized carbons (Fsp3) is 0.588. The maximum atomic E-state index is 12.7. The van der Waals surface area contributed by atoms with Crippen LogP contribution in [0.5, 0.6) is 5.75 Å². The van der Waals surface area contributed by atoms with Gasteiger partial charge in [-0.25, -0.2) is 4.98 Å². The number of rotatable bonds is 7. The van der Waals surface area contributed by atoms with E-state index < -0.39 is 6.10 Å². The third-order valence-corrected chi connectivity index (χ3v) is 3.93. The van der Waals surface area contributed by atoms with E-state index in [9.17, 15) is 9.59 Å². The van der Waals surface area contributed by atoms with E-state index in [0.717, 1.165) is 12.8 Å². The summed E-state index contributed by atoms with van der Waals surface area (Å²) in [5.41, 5.74) is 5.74. The molecule has 2 N–H and O–H groups in total. The van der Waals surface area contributed by atoms with Gasteiger partial charge in [0.05, 0.1) is 0 Å². The highest BCUT2D eigenvalue weighted by Crippen LogP contribution is 2.33. The molecule has 7 nitrogen and oxygen atoms in total. The van der Waals surface area contributed by atoms with Crippen molar-refractivity contribution in [2.24, 2.45) is 0 Å². The summed E-state index contributed by atoms with van der Waals surface area (Å²) in [6.07, 6.45) is 1.69. The van der Waals surface area contributed by atoms with E-state index in [1.807, 2.05) is 20.8 Å². The molecule has 24 heavy (non-hydrogen) atoms. The van der Waals surface area contributed by atoms with Crippen LogP contribution in [0.3, 0.4) is 0 Å². The summed E-state index contributed by atoms with van der Waals surface area (Å²) in [5, 5.41) is 0. The zero-order chi connectivity index (χ0) is 17.7. The Morgan fingerprint density at radius 1 is 1.29 bits per heavy atom. The van der Waals surface area contributed by atoms with Crippen LogP contribution in [-0.2, 0) is 9.59 Å². The van der Waals surface area contributed by atoms with Crippen LogP contribution >= 0.6 is 0 Å². The lowest BCUT2D eigenvalue weighted by atomic mass is 10.2. The third kappa shape index (κ3) is 3.77. The van der Waals surface area contributed by atoms with Crippen molar-refractivity contribution in [1.82, 2.24) is 9.88 Å². The van der Waals surface area contributed by atoms with Gasteiger partial charge in [0.1, 0.15) is 12.4 Å². The van der Waals surface area contributed by atoms with Crippen LogP contribution in [0.4, 0.5) is 11.6 Å². The van der Waals surface area contributed by atoms with Gasteiger partial charge in [-0.15, -0.1) is 0 Å². The maximum Gasteiger partial charge on any atom is 0.269 e. The Morgan fingerprint density at radius 2 is 1.96 bits per heavy atom. The quantitative estimate of drug-likeness (QED) is 0.821. The number of nitrogen functional groups attached to an aromatic ring is 1. The molecule has 2 amide bonds. The van der Waals surface area contributed by atoms with Crippen molar-refractivity contribution in [3.63, 3.8) is 0 Å². The smallest absolute Gasteiger partial charge is 0.269 e. The second-order valence-corrected chi connectivity index (χ2v) is 5.88. The highest BCUT2D eigenvalue weighted by atomic mass is 16.5. The molecule has 2 rings (SSSR count). The lowest BCUT2D eigenvalue weighted by Gasteiger charge is -2.34. The predicted octanol–water partition coefficient (Wildman–Crippen LogP) is 1.82. The molecule has 0 bridgehead atoms. The summed E-state index contributed by atoms with van der Waals surface area (Å²) < 4.78 is 5.68. The molecule has 0 saturated carbocycles. The Morgan fingerprint density at radius 3 is 2.54 bits per heavy atom. The third-order valence-electron chi connectivity index (χ3n) is 3.93. The monoisotopic (exact) mass is 334 g/mol. The fourth-order valence-corrected chi connectivity index (χ4v) is 2.76. The summed E-state index contributed by atoms with van der Waals surface area (Å²) in [4.78, 5) is 32.7. The van der Waals surface area contributed by atoms with Crippen LogP contribution < -0.4 is 15.4 Å². The molecular formula is C17H26N4O3. The van der Waals surface area contributed by atoms with Crippen molar-refractivity contribution >= 4 is 23.5 Å². The number of hydrogen-bond donors (Lipinski definition) is 1. The summed E-state index contributed by atoms with van der Waals surface area (Å²) in [7, 11) is 0. The number of carbonyl (C=O) groups excluding carboxylic acids is 2. The van der Waals surface area contributed by atoms with Gasteiger partial charge >= 0.3 is 0 Å². The van der Waals surface area contributed by atoms with Gasteiger partial charge in [-0.3, -0.25) is 14.5 Å². The first kappa shape index (κ1) is 18.0. The van der Waals surface area contributed by atoms with Crippen LogP contribution in [0.1, 0.15) is 40.0 Å². The Kier molecular flexibility index (Phi) is 6.00. The van der Waals surface area contributed by atoms with E-state index in [-0.39, 0.29) is 24.2 Å². The standard InChI is InChI=1S/C17H26N4O3/c1-4-9-20(10-5-2)15(22)11-21-16-13(7-8-14(18)19-16)24-12(6-3)17(21)23/h7-8,12H,4-6,9-11H2,1-3H3,(H2,18,19). The van der Waals surface area contributed by atoms with Gasteiger partial charge in [-0.1, -0.05) is 20.8 Å². The lowest BCUT2D eigenvalue weighted by molar-refractivity contribution is -0.133. The number of fused-ring (bicyclic) bond motifs is 1. The van der Waals surface area contributed by atoms with Crippen LogP contribution in [0.15, 0.2) is 12.1 Å². The van der Waals surface area contributed by atoms with Gasteiger partial charge in [0, 0.05) is 13.1 Å². The molecule has 0 aromatic carbocycles. The van der Waals surface area contributed by atoms with Crippen molar-refractivity contribution in [3.8, 4) is 5.75 Å². The maximum absolute atomic E-state index is 12.7. The number of carbonyl (C=O) groups is 2. The van der Waals surface area contributed by atoms with Crippen molar-refractivity contribution in [3.05, 3.63) is 12.1 Å². The number of nitrogens with two attached hydrogens (primary N) is 1. The second kappa shape index (κ2) is 7.99. The van der Waals surface area contributed by atoms with E-state index in [4.69, 9.17) is 10.5 Å². The van der Waals surface area contributed by atoms with Crippen molar-refractivity contribution in [1.29, 1.82) is 0 Å². The zero-order valence-corrected chi connectivity index (χ0v) is 14.6. The average Bonchev–Trinajstić information content (AvgIpc) is 2.57. The number of amides is 2. The van der Waals surface area contributed by atoms with Crippen molar-refractivity contribution < 1.29 is 14.3 Å². The number of anilines is 2. The number of aromatic nitrogens is 1. The summed E-state index contributed by atoms with van der Waals surface area (Å²) in [5.74, 6) is 0.770. The molecule has 0 spiro atoms. The lowest BCUT2D eigenvalue weighted by Crippen LogP contribution is -2.51. The average molecular weight is 334 g/mol. The number of pyridine rings is 1. The molecule has 1 aromatic heterocycles. The largest absolute Gasteiger partial charge is 0.477 e. The molecule has 0 aliphatic carbocycles. The van der Waals surface area contributed by atoms with Crippen LogP contribution in [0, 0.1) is 0 Å². The predicted molar refractivity (Wildman–Crippen MR) is 92.9 cm³/mol. The molecule has 1 atom stereocenters. The van der Waals surface area contributed by atoms with E-state index in [1.54, 1.807) is 17.0 Å². The van der Waals surface area contributed by atoms with E-state index >= 15 is 0 Å². The van der Waals surface area contributed by atoms with Crippen LogP contribution in [0.25, 0.3) is 0 Å². The molecule has 1 aliphatic heterocycles. The molecule has 0 fully saturated rings. The minimum atomic E-state index is -0.596. The Labute approximate surface area is 142 Å². The minimum absolute atomic E-state index is 0.0395. The van der Waals surface area contributed by atoms with E-state index in [2.05, 4.69) is 4.98 Å². The van der Waals surface area contributed by atoms with E-state index in [0.29, 0.717) is 31.1 Å². The van der Waals surface area contributed by atoms with Crippen LogP contribution in [0.2, 0.25) is 0 Å². The highest BCUT2D eigenvalue weighted by Gasteiger charge is 2.36. The molecule has 0 saturated heterocycles. The molecule has 1 aromatic rings. The SMILES string of the molecule is CCCN(CCC)C(=O)CN1C(=O)C(CC)Oc2ccc(N)nc21. The first-order chi connectivity index (χ1) is 11.5. The second-order valence-electron chi connectivity index (χ2n) is 5.88. The molecule has 0 radical (unpaired) electrons. The first-order valence-electron chi connectivity index (χ1n) is 8.54. The Balaban J connectivity index is 2.28. The van der Waals surface area contributed by atoms with Crippen molar-refractivity contribution in [2.45, 2.75) is 46.1 Å². The minimum Gasteiger partial charge on any atom is -0.477 e. The zero-order valence-electron chi connectivity index (χ0n) is 14.6. The summed E-state index contributed by atoms with van der Waals surface area (Å²) in [6.45, 7) is 7.25. The molecule has 132 valence electrons. The fourth-order valence-electron chi connectivity index (χ4n) is 2.76. The van der Waals surface area contributed by atoms with Crippen LogP contribution in [-0.4, -0.2) is 47.4 Å². The van der Waals surface area contributed by atoms with Gasteiger partial charge in [-0.05, 0) is 31.4 Å². The van der Waals surface area contributed by atoms with Gasteiger partial charge in [0.2, 0.25) is 5.91 Å². The normalized spacial score (nSPS) is 16.5. The van der Waals surface area contributed by atoms with Gasteiger partial charge in [0.15, 0.2) is 17.7 Å². The number of hydrogen-bond acceptors (Lipinski definition) is 5. The summed E-state index contributed by atoms with van der Waals surface area (Å²) in [6, 6.07) is 3.32. The Bertz CT molecular complexity index is 599. The van der Waals surface area contributed by atoms with E-state index in [1.165, 1.54) is 4.90 Å². The molecule has 1 unspecified atom stereocenters. The van der Waals surface area contributed by atoms with Gasteiger partial charge < -0.3 is 15.4 Å². The highest BCUT2D eigenvalue weighted by molar-refractivity contribution is 6.03. The first-order valence-corrected chi connectivity index (χ1v) is 8.54. The molecule has 1 aliphatic rings.